The number of hydrogen-bond donors (Lipinski definition) is 1. The third-order valence-electron chi connectivity index (χ3n) is 3.81. The topological polar surface area (TPSA) is 75.9 Å². The van der Waals surface area contributed by atoms with Gasteiger partial charge in [-0.2, -0.15) is 18.0 Å². The third-order valence-corrected chi connectivity index (χ3v) is 3.81. The van der Waals surface area contributed by atoms with Crippen LogP contribution in [0.1, 0.15) is 6.42 Å². The summed E-state index contributed by atoms with van der Waals surface area (Å²) in [7, 11) is 0. The second-order valence-corrected chi connectivity index (χ2v) is 5.91. The van der Waals surface area contributed by atoms with Crippen molar-refractivity contribution in [3.05, 3.63) is 30.3 Å². The van der Waals surface area contributed by atoms with Gasteiger partial charge in [0.05, 0.1) is 6.54 Å². The Bertz CT molecular complexity index is 718. The van der Waals surface area contributed by atoms with Gasteiger partial charge in [0.25, 0.3) is 0 Å². The highest BCUT2D eigenvalue weighted by Crippen LogP contribution is 2.20. The Morgan fingerprint density at radius 3 is 2.76 bits per heavy atom. The zero-order valence-electron chi connectivity index (χ0n) is 13.3. The number of carbonyl (C=O) groups is 1. The quantitative estimate of drug-likeness (QED) is 0.870. The fraction of sp³-hybridized carbons (Fsp3) is 0.467. The lowest BCUT2D eigenvalue weighted by molar-refractivity contribution is -0.143. The van der Waals surface area contributed by atoms with E-state index in [2.05, 4.69) is 20.7 Å². The average molecular weight is 354 g/mol. The summed E-state index contributed by atoms with van der Waals surface area (Å²) >= 11 is 0. The maximum Gasteiger partial charge on any atom is 0.401 e. The van der Waals surface area contributed by atoms with Crippen LogP contribution in [0.3, 0.4) is 0 Å². The van der Waals surface area contributed by atoms with Gasteiger partial charge in [-0.05, 0) is 11.6 Å². The minimum atomic E-state index is -4.22. The van der Waals surface area contributed by atoms with Crippen LogP contribution in [0.25, 0.3) is 11.4 Å². The predicted octanol–water partition coefficient (Wildman–Crippen LogP) is 1.09. The molecule has 3 rings (SSSR count). The van der Waals surface area contributed by atoms with Gasteiger partial charge in [0.1, 0.15) is 6.54 Å². The van der Waals surface area contributed by atoms with E-state index in [-0.39, 0.29) is 25.0 Å². The number of halogens is 3. The van der Waals surface area contributed by atoms with Crippen LogP contribution in [-0.4, -0.2) is 62.9 Å². The number of alkyl halides is 3. The van der Waals surface area contributed by atoms with Gasteiger partial charge in [-0.1, -0.05) is 30.3 Å². The molecule has 1 aliphatic rings. The van der Waals surface area contributed by atoms with E-state index < -0.39 is 12.7 Å². The van der Waals surface area contributed by atoms with Crippen LogP contribution in [0.4, 0.5) is 13.2 Å². The number of nitrogens with zero attached hydrogens (tertiary/aromatic N) is 5. The van der Waals surface area contributed by atoms with Crippen LogP contribution in [0, 0.1) is 0 Å². The van der Waals surface area contributed by atoms with E-state index in [1.807, 2.05) is 30.3 Å². The Morgan fingerprint density at radius 2 is 2.04 bits per heavy atom. The van der Waals surface area contributed by atoms with E-state index in [4.69, 9.17) is 0 Å². The van der Waals surface area contributed by atoms with E-state index in [9.17, 15) is 18.0 Å². The molecule has 1 aromatic heterocycles. The van der Waals surface area contributed by atoms with Crippen molar-refractivity contribution in [2.75, 3.05) is 19.6 Å². The molecular weight excluding hydrogens is 337 g/mol. The third kappa shape index (κ3) is 4.99. The summed E-state index contributed by atoms with van der Waals surface area (Å²) in [5, 5.41) is 14.6. The number of tetrazole rings is 1. The minimum absolute atomic E-state index is 0.129. The van der Waals surface area contributed by atoms with Gasteiger partial charge in [0, 0.05) is 24.7 Å². The molecule has 1 atom stereocenters. The maximum atomic E-state index is 12.4. The van der Waals surface area contributed by atoms with E-state index in [1.54, 1.807) is 0 Å². The fourth-order valence-corrected chi connectivity index (χ4v) is 2.76. The lowest BCUT2D eigenvalue weighted by Crippen LogP contribution is -2.40. The lowest BCUT2D eigenvalue weighted by Gasteiger charge is -2.18. The number of nitrogens with one attached hydrogen (secondary N) is 1. The molecule has 134 valence electrons. The summed E-state index contributed by atoms with van der Waals surface area (Å²) in [6.07, 6.45) is -3.74. The first-order chi connectivity index (χ1) is 11.9. The number of rotatable bonds is 5. The summed E-state index contributed by atoms with van der Waals surface area (Å²) in [6.45, 7) is -0.588. The van der Waals surface area contributed by atoms with Crippen LogP contribution in [0.2, 0.25) is 0 Å². The molecule has 2 heterocycles. The highest BCUT2D eigenvalue weighted by molar-refractivity contribution is 5.75. The normalized spacial score (nSPS) is 18.4. The SMILES string of the molecule is O=C(Cn1nnc(-c2ccccc2)n1)NC1CCN(CC(F)(F)F)C1. The minimum Gasteiger partial charge on any atom is -0.350 e. The molecule has 1 saturated heterocycles. The number of benzene rings is 1. The standard InChI is InChI=1S/C15H17F3N6O/c16-15(17,18)10-23-7-6-12(8-23)19-13(25)9-24-21-14(20-22-24)11-4-2-1-3-5-11/h1-5,12H,6-10H2,(H,19,25). The highest BCUT2D eigenvalue weighted by Gasteiger charge is 2.34. The molecule has 2 aromatic rings. The molecule has 1 N–H and O–H groups in total. The molecule has 0 aliphatic carbocycles. The molecule has 7 nitrogen and oxygen atoms in total. The summed E-state index contributed by atoms with van der Waals surface area (Å²) in [5.41, 5.74) is 0.785. The van der Waals surface area contributed by atoms with Gasteiger partial charge >= 0.3 is 6.18 Å². The van der Waals surface area contributed by atoms with Crippen molar-refractivity contribution < 1.29 is 18.0 Å². The molecule has 10 heteroatoms. The molecule has 1 amide bonds. The maximum absolute atomic E-state index is 12.4. The van der Waals surface area contributed by atoms with E-state index in [0.717, 1.165) is 5.56 Å². The largest absolute Gasteiger partial charge is 0.401 e. The number of amides is 1. The summed E-state index contributed by atoms with van der Waals surface area (Å²) in [6, 6.07) is 8.91. The Kier molecular flexibility index (Phi) is 4.98. The first-order valence-corrected chi connectivity index (χ1v) is 7.81. The van der Waals surface area contributed by atoms with Crippen molar-refractivity contribution in [1.82, 2.24) is 30.4 Å². The molecule has 1 fully saturated rings. The van der Waals surface area contributed by atoms with Gasteiger partial charge in [0.2, 0.25) is 11.7 Å². The first kappa shape index (κ1) is 17.3. The molecule has 1 aromatic carbocycles. The summed E-state index contributed by atoms with van der Waals surface area (Å²) < 4.78 is 37.1. The number of likely N-dealkylation sites (tertiary alicyclic amines) is 1. The van der Waals surface area contributed by atoms with Gasteiger partial charge in [-0.3, -0.25) is 9.69 Å². The van der Waals surface area contributed by atoms with Gasteiger partial charge in [0.15, 0.2) is 0 Å². The average Bonchev–Trinajstić information content (AvgIpc) is 3.16. The summed E-state index contributed by atoms with van der Waals surface area (Å²) in [5.74, 6) is 0.0569. The predicted molar refractivity (Wildman–Crippen MR) is 82.3 cm³/mol. The van der Waals surface area contributed by atoms with Crippen LogP contribution < -0.4 is 5.32 Å². The monoisotopic (exact) mass is 354 g/mol. The highest BCUT2D eigenvalue weighted by atomic mass is 19.4. The van der Waals surface area contributed by atoms with Gasteiger partial charge in [-0.25, -0.2) is 0 Å². The van der Waals surface area contributed by atoms with Crippen molar-refractivity contribution in [2.45, 2.75) is 25.2 Å². The summed E-state index contributed by atoms with van der Waals surface area (Å²) in [4.78, 5) is 14.5. The molecule has 0 bridgehead atoms. The zero-order chi connectivity index (χ0) is 17.9. The van der Waals surface area contributed by atoms with Crippen LogP contribution in [0.5, 0.6) is 0 Å². The Hall–Kier alpha value is -2.49. The van der Waals surface area contributed by atoms with Crippen molar-refractivity contribution in [1.29, 1.82) is 0 Å². The van der Waals surface area contributed by atoms with E-state index >= 15 is 0 Å². The molecule has 25 heavy (non-hydrogen) atoms. The second kappa shape index (κ2) is 7.18. The Morgan fingerprint density at radius 1 is 1.28 bits per heavy atom. The van der Waals surface area contributed by atoms with Gasteiger partial charge < -0.3 is 5.32 Å². The number of aromatic nitrogens is 4. The lowest BCUT2D eigenvalue weighted by atomic mass is 10.2. The zero-order valence-corrected chi connectivity index (χ0v) is 13.3. The molecule has 0 spiro atoms. The van der Waals surface area contributed by atoms with Crippen molar-refractivity contribution in [2.24, 2.45) is 0 Å². The van der Waals surface area contributed by atoms with Crippen LogP contribution in [0.15, 0.2) is 30.3 Å². The molecular formula is C15H17F3N6O. The smallest absolute Gasteiger partial charge is 0.350 e. The van der Waals surface area contributed by atoms with Crippen LogP contribution >= 0.6 is 0 Å². The molecule has 0 radical (unpaired) electrons. The van der Waals surface area contributed by atoms with Crippen molar-refractivity contribution in [3.63, 3.8) is 0 Å². The van der Waals surface area contributed by atoms with E-state index in [0.29, 0.717) is 18.8 Å². The second-order valence-electron chi connectivity index (χ2n) is 5.91. The molecule has 0 saturated carbocycles. The molecule has 1 unspecified atom stereocenters. The van der Waals surface area contributed by atoms with E-state index in [1.165, 1.54) is 9.70 Å². The molecule has 1 aliphatic heterocycles. The fourth-order valence-electron chi connectivity index (χ4n) is 2.76. The number of carbonyl (C=O) groups excluding carboxylic acids is 1. The Labute approximate surface area is 141 Å². The first-order valence-electron chi connectivity index (χ1n) is 7.81. The van der Waals surface area contributed by atoms with Gasteiger partial charge in [-0.15, -0.1) is 10.2 Å². The Balaban J connectivity index is 1.50. The van der Waals surface area contributed by atoms with Crippen LogP contribution in [-0.2, 0) is 11.3 Å². The van der Waals surface area contributed by atoms with Crippen molar-refractivity contribution in [3.8, 4) is 11.4 Å². The number of hydrogen-bond acceptors (Lipinski definition) is 5. The van der Waals surface area contributed by atoms with Crippen molar-refractivity contribution >= 4 is 5.91 Å².